The molecule has 1 aromatic heterocycles. The maximum absolute atomic E-state index is 8.81. The van der Waals surface area contributed by atoms with Gasteiger partial charge < -0.3 is 5.32 Å². The first kappa shape index (κ1) is 11.0. The molecular formula is C9H13ClN4. The summed E-state index contributed by atoms with van der Waals surface area (Å²) in [5.41, 5.74) is 0.792. The van der Waals surface area contributed by atoms with Crippen molar-refractivity contribution in [1.29, 1.82) is 5.26 Å². The lowest BCUT2D eigenvalue weighted by molar-refractivity contribution is 0.499. The van der Waals surface area contributed by atoms with E-state index >= 15 is 0 Å². The van der Waals surface area contributed by atoms with Crippen molar-refractivity contribution >= 4 is 11.6 Å². The fourth-order valence-corrected chi connectivity index (χ4v) is 1.32. The number of rotatable bonds is 4. The Balaban J connectivity index is 2.63. The summed E-state index contributed by atoms with van der Waals surface area (Å²) in [5.74, 6) is 0. The van der Waals surface area contributed by atoms with Gasteiger partial charge in [0.15, 0.2) is 0 Å². The van der Waals surface area contributed by atoms with Gasteiger partial charge in [-0.15, -0.1) is 0 Å². The molecule has 0 aliphatic carbocycles. The first-order valence-electron chi connectivity index (χ1n) is 4.50. The third kappa shape index (κ3) is 2.72. The Morgan fingerprint density at radius 1 is 1.79 bits per heavy atom. The number of hydrogen-bond donors (Lipinski definition) is 1. The maximum atomic E-state index is 8.81. The number of halogens is 1. The van der Waals surface area contributed by atoms with Crippen molar-refractivity contribution in [3.8, 4) is 6.07 Å². The number of aryl methyl sites for hydroxylation is 1. The second-order valence-electron chi connectivity index (χ2n) is 3.02. The standard InChI is InChI=1S/C9H13ClN4/c1-3-12-8(4-11)5-14-6-9(10)7(2)13-14/h6,8,12H,3,5H2,1-2H3. The highest BCUT2D eigenvalue weighted by atomic mass is 35.5. The minimum atomic E-state index is -0.213. The van der Waals surface area contributed by atoms with E-state index in [0.717, 1.165) is 12.2 Å². The molecule has 1 aromatic rings. The summed E-state index contributed by atoms with van der Waals surface area (Å²) in [6.45, 7) is 5.10. The average Bonchev–Trinajstić information content (AvgIpc) is 2.45. The Morgan fingerprint density at radius 3 is 2.93 bits per heavy atom. The molecule has 0 spiro atoms. The van der Waals surface area contributed by atoms with E-state index in [4.69, 9.17) is 16.9 Å². The predicted octanol–water partition coefficient (Wildman–Crippen LogP) is 1.35. The SMILES string of the molecule is CCNC(C#N)Cn1cc(Cl)c(C)n1. The molecule has 1 N–H and O–H groups in total. The highest BCUT2D eigenvalue weighted by molar-refractivity contribution is 6.31. The molecular weight excluding hydrogens is 200 g/mol. The summed E-state index contributed by atoms with van der Waals surface area (Å²) in [5, 5.41) is 16.7. The lowest BCUT2D eigenvalue weighted by Gasteiger charge is -2.08. The topological polar surface area (TPSA) is 53.6 Å². The van der Waals surface area contributed by atoms with Crippen LogP contribution in [0.1, 0.15) is 12.6 Å². The Morgan fingerprint density at radius 2 is 2.50 bits per heavy atom. The van der Waals surface area contributed by atoms with E-state index in [0.29, 0.717) is 11.6 Å². The van der Waals surface area contributed by atoms with Crippen LogP contribution in [0.4, 0.5) is 0 Å². The molecule has 0 fully saturated rings. The second-order valence-corrected chi connectivity index (χ2v) is 3.43. The Bertz CT molecular complexity index is 320. The average molecular weight is 213 g/mol. The molecule has 0 saturated heterocycles. The molecule has 0 aliphatic heterocycles. The first-order valence-corrected chi connectivity index (χ1v) is 4.87. The van der Waals surface area contributed by atoms with Gasteiger partial charge >= 0.3 is 0 Å². The lowest BCUT2D eigenvalue weighted by Crippen LogP contribution is -2.31. The maximum Gasteiger partial charge on any atom is 0.115 e. The normalized spacial score (nSPS) is 12.4. The van der Waals surface area contributed by atoms with E-state index in [1.807, 2.05) is 13.8 Å². The lowest BCUT2D eigenvalue weighted by atomic mass is 10.3. The third-order valence-electron chi connectivity index (χ3n) is 1.86. The molecule has 1 atom stereocenters. The fraction of sp³-hybridized carbons (Fsp3) is 0.556. The molecule has 0 saturated carbocycles. The summed E-state index contributed by atoms with van der Waals surface area (Å²) in [7, 11) is 0. The van der Waals surface area contributed by atoms with Gasteiger partial charge in [-0.2, -0.15) is 10.4 Å². The van der Waals surface area contributed by atoms with Gasteiger partial charge in [0.1, 0.15) is 6.04 Å². The zero-order valence-corrected chi connectivity index (χ0v) is 9.04. The van der Waals surface area contributed by atoms with E-state index in [-0.39, 0.29) is 6.04 Å². The van der Waals surface area contributed by atoms with Crippen molar-refractivity contribution in [2.45, 2.75) is 26.4 Å². The number of nitriles is 1. The van der Waals surface area contributed by atoms with Crippen molar-refractivity contribution in [2.24, 2.45) is 0 Å². The molecule has 5 heteroatoms. The summed E-state index contributed by atoms with van der Waals surface area (Å²) in [6, 6.07) is 1.95. The van der Waals surface area contributed by atoms with Gasteiger partial charge in [-0.05, 0) is 13.5 Å². The van der Waals surface area contributed by atoms with Crippen molar-refractivity contribution in [3.05, 3.63) is 16.9 Å². The smallest absolute Gasteiger partial charge is 0.115 e. The van der Waals surface area contributed by atoms with Crippen molar-refractivity contribution in [2.75, 3.05) is 6.54 Å². The van der Waals surface area contributed by atoms with E-state index in [2.05, 4.69) is 16.5 Å². The fourth-order valence-electron chi connectivity index (χ4n) is 1.17. The molecule has 0 bridgehead atoms. The number of nitrogens with zero attached hydrogens (tertiary/aromatic N) is 3. The summed E-state index contributed by atoms with van der Waals surface area (Å²) in [6.07, 6.45) is 1.73. The minimum Gasteiger partial charge on any atom is -0.301 e. The minimum absolute atomic E-state index is 0.213. The van der Waals surface area contributed by atoms with Crippen molar-refractivity contribution in [3.63, 3.8) is 0 Å². The summed E-state index contributed by atoms with van der Waals surface area (Å²) >= 11 is 5.85. The van der Waals surface area contributed by atoms with Gasteiger partial charge in [0.2, 0.25) is 0 Å². The quantitative estimate of drug-likeness (QED) is 0.820. The van der Waals surface area contributed by atoms with Gasteiger partial charge in [-0.1, -0.05) is 18.5 Å². The van der Waals surface area contributed by atoms with Crippen LogP contribution in [-0.2, 0) is 6.54 Å². The largest absolute Gasteiger partial charge is 0.301 e. The highest BCUT2D eigenvalue weighted by Gasteiger charge is 2.08. The van der Waals surface area contributed by atoms with Crippen LogP contribution in [0, 0.1) is 18.3 Å². The molecule has 1 rings (SSSR count). The van der Waals surface area contributed by atoms with Crippen LogP contribution in [0.15, 0.2) is 6.20 Å². The monoisotopic (exact) mass is 212 g/mol. The van der Waals surface area contributed by atoms with Crippen LogP contribution in [0.25, 0.3) is 0 Å². The van der Waals surface area contributed by atoms with Gasteiger partial charge in [-0.25, -0.2) is 0 Å². The molecule has 1 heterocycles. The summed E-state index contributed by atoms with van der Waals surface area (Å²) < 4.78 is 1.69. The number of aromatic nitrogens is 2. The van der Waals surface area contributed by atoms with E-state index in [1.165, 1.54) is 0 Å². The molecule has 1 unspecified atom stereocenters. The molecule has 0 radical (unpaired) electrons. The van der Waals surface area contributed by atoms with Crippen LogP contribution in [0.5, 0.6) is 0 Å². The van der Waals surface area contributed by atoms with Crippen molar-refractivity contribution < 1.29 is 0 Å². The zero-order chi connectivity index (χ0) is 10.6. The first-order chi connectivity index (χ1) is 6.67. The number of hydrogen-bond acceptors (Lipinski definition) is 3. The van der Waals surface area contributed by atoms with Gasteiger partial charge in [-0.3, -0.25) is 4.68 Å². The molecule has 0 aliphatic rings. The van der Waals surface area contributed by atoms with Gasteiger partial charge in [0.25, 0.3) is 0 Å². The molecule has 14 heavy (non-hydrogen) atoms. The van der Waals surface area contributed by atoms with Crippen LogP contribution >= 0.6 is 11.6 Å². The van der Waals surface area contributed by atoms with E-state index < -0.39 is 0 Å². The predicted molar refractivity (Wildman–Crippen MR) is 55.1 cm³/mol. The van der Waals surface area contributed by atoms with Crippen LogP contribution in [0.2, 0.25) is 5.02 Å². The van der Waals surface area contributed by atoms with Gasteiger partial charge in [0.05, 0.1) is 23.3 Å². The zero-order valence-electron chi connectivity index (χ0n) is 8.29. The molecule has 4 nitrogen and oxygen atoms in total. The van der Waals surface area contributed by atoms with Crippen LogP contribution in [0.3, 0.4) is 0 Å². The van der Waals surface area contributed by atoms with Crippen LogP contribution in [-0.4, -0.2) is 22.4 Å². The number of likely N-dealkylation sites (N-methyl/N-ethyl adjacent to an activating group) is 1. The molecule has 0 amide bonds. The van der Waals surface area contributed by atoms with E-state index in [9.17, 15) is 0 Å². The third-order valence-corrected chi connectivity index (χ3v) is 2.23. The Labute approximate surface area is 88.5 Å². The van der Waals surface area contributed by atoms with Gasteiger partial charge in [0, 0.05) is 6.20 Å². The van der Waals surface area contributed by atoms with E-state index in [1.54, 1.807) is 10.9 Å². The highest BCUT2D eigenvalue weighted by Crippen LogP contribution is 2.11. The van der Waals surface area contributed by atoms with Crippen LogP contribution < -0.4 is 5.32 Å². The second kappa shape index (κ2) is 4.99. The Kier molecular flexibility index (Phi) is 3.93. The molecule has 76 valence electrons. The number of nitrogens with one attached hydrogen (secondary N) is 1. The molecule has 0 aromatic carbocycles. The van der Waals surface area contributed by atoms with Crippen molar-refractivity contribution in [1.82, 2.24) is 15.1 Å². The summed E-state index contributed by atoms with van der Waals surface area (Å²) in [4.78, 5) is 0. The Hall–Kier alpha value is -1.05.